The summed E-state index contributed by atoms with van der Waals surface area (Å²) in [5.74, 6) is 0. The van der Waals surface area contributed by atoms with Gasteiger partial charge in [0.2, 0.25) is 0 Å². The van der Waals surface area contributed by atoms with Gasteiger partial charge in [-0.15, -0.1) is 0 Å². The summed E-state index contributed by atoms with van der Waals surface area (Å²) in [6.45, 7) is 2.26. The van der Waals surface area contributed by atoms with Crippen LogP contribution in [-0.2, 0) is 4.79 Å². The standard InChI is InChI=1S/C5H9O.C4H9.Sn/c1-2-3-4-5-6;1-3-4-2;/h5H,1-4H2;1,3-4H2,2H3;. The van der Waals surface area contributed by atoms with Crippen LogP contribution in [0.1, 0.15) is 39.0 Å². The zero-order chi connectivity index (χ0) is 8.36. The van der Waals surface area contributed by atoms with Crippen LogP contribution in [0.5, 0.6) is 0 Å². The summed E-state index contributed by atoms with van der Waals surface area (Å²) < 4.78 is 3.03. The van der Waals surface area contributed by atoms with Crippen LogP contribution in [0.4, 0.5) is 0 Å². The number of rotatable bonds is 8. The van der Waals surface area contributed by atoms with Gasteiger partial charge in [0.05, 0.1) is 0 Å². The van der Waals surface area contributed by atoms with Crippen LogP contribution < -0.4 is 0 Å². The van der Waals surface area contributed by atoms with Crippen molar-refractivity contribution in [2.75, 3.05) is 0 Å². The van der Waals surface area contributed by atoms with Crippen molar-refractivity contribution in [1.29, 1.82) is 0 Å². The fourth-order valence-electron chi connectivity index (χ4n) is 0.904. The molecular formula is C9H18OSn. The molecule has 11 heavy (non-hydrogen) atoms. The molecule has 0 fully saturated rings. The molecule has 0 spiro atoms. The van der Waals surface area contributed by atoms with Crippen molar-refractivity contribution in [1.82, 2.24) is 0 Å². The van der Waals surface area contributed by atoms with E-state index in [-0.39, 0.29) is 21.1 Å². The molecule has 2 heteroatoms. The quantitative estimate of drug-likeness (QED) is 0.373. The molecule has 0 aromatic heterocycles. The van der Waals surface area contributed by atoms with Gasteiger partial charge in [0.1, 0.15) is 0 Å². The Hall–Kier alpha value is 0.469. The van der Waals surface area contributed by atoms with Gasteiger partial charge < -0.3 is 0 Å². The topological polar surface area (TPSA) is 17.1 Å². The van der Waals surface area contributed by atoms with E-state index in [0.29, 0.717) is 0 Å². The molecule has 0 aliphatic carbocycles. The first-order valence-electron chi connectivity index (χ1n) is 4.56. The predicted molar refractivity (Wildman–Crippen MR) is 50.2 cm³/mol. The molecule has 0 bridgehead atoms. The van der Waals surface area contributed by atoms with Gasteiger partial charge in [0.25, 0.3) is 0 Å². The minimum atomic E-state index is 0.0106. The van der Waals surface area contributed by atoms with E-state index in [1.807, 2.05) is 0 Å². The summed E-state index contributed by atoms with van der Waals surface area (Å²) in [4.78, 5) is 9.95. The number of aldehydes is 1. The Morgan fingerprint density at radius 1 is 1.18 bits per heavy atom. The molecular weight excluding hydrogens is 243 g/mol. The predicted octanol–water partition coefficient (Wildman–Crippen LogP) is 2.70. The molecule has 0 heterocycles. The Morgan fingerprint density at radius 2 is 1.91 bits per heavy atom. The van der Waals surface area contributed by atoms with E-state index in [9.17, 15) is 4.79 Å². The Kier molecular flexibility index (Phi) is 10.9. The second-order valence-corrected chi connectivity index (χ2v) is 7.05. The van der Waals surface area contributed by atoms with Crippen LogP contribution in [0.3, 0.4) is 0 Å². The van der Waals surface area contributed by atoms with Crippen LogP contribution in [0.2, 0.25) is 8.87 Å². The van der Waals surface area contributed by atoms with E-state index in [4.69, 9.17) is 0 Å². The van der Waals surface area contributed by atoms with Crippen LogP contribution in [0.25, 0.3) is 0 Å². The maximum atomic E-state index is 9.95. The van der Waals surface area contributed by atoms with E-state index >= 15 is 0 Å². The molecule has 0 aromatic carbocycles. The molecule has 0 aliphatic heterocycles. The van der Waals surface area contributed by atoms with Crippen LogP contribution >= 0.6 is 0 Å². The van der Waals surface area contributed by atoms with Crippen molar-refractivity contribution >= 4 is 27.4 Å². The molecule has 0 saturated heterocycles. The van der Waals surface area contributed by atoms with Crippen LogP contribution in [0, 0.1) is 0 Å². The van der Waals surface area contributed by atoms with Crippen LogP contribution in [0.15, 0.2) is 0 Å². The summed E-state index contributed by atoms with van der Waals surface area (Å²) >= 11 is 0.0106. The molecule has 0 saturated carbocycles. The van der Waals surface area contributed by atoms with Crippen molar-refractivity contribution in [3.8, 4) is 0 Å². The first-order chi connectivity index (χ1) is 5.41. The molecule has 0 amide bonds. The van der Waals surface area contributed by atoms with Crippen molar-refractivity contribution < 1.29 is 4.79 Å². The summed E-state index contributed by atoms with van der Waals surface area (Å²) in [7, 11) is 0. The molecule has 0 N–H and O–H groups in total. The Labute approximate surface area is 80.2 Å². The number of hydrogen-bond acceptors (Lipinski definition) is 1. The molecule has 0 aromatic rings. The van der Waals surface area contributed by atoms with Gasteiger partial charge in [-0.3, -0.25) is 0 Å². The summed E-state index contributed by atoms with van der Waals surface area (Å²) in [6.07, 6.45) is 7.07. The average molecular weight is 261 g/mol. The first kappa shape index (κ1) is 11.5. The Balaban J connectivity index is 2.74. The number of unbranched alkanes of at least 4 members (excludes halogenated alkanes) is 3. The maximum absolute atomic E-state index is 9.95. The Morgan fingerprint density at radius 3 is 2.55 bits per heavy atom. The SMILES string of the molecule is CCC[CH2][Sn][CH2]CCCC=O. The van der Waals surface area contributed by atoms with E-state index < -0.39 is 0 Å². The molecule has 0 unspecified atom stereocenters. The van der Waals surface area contributed by atoms with Crippen molar-refractivity contribution in [2.24, 2.45) is 0 Å². The first-order valence-corrected chi connectivity index (χ1v) is 8.59. The van der Waals surface area contributed by atoms with Crippen molar-refractivity contribution in [3.63, 3.8) is 0 Å². The molecule has 0 atom stereocenters. The van der Waals surface area contributed by atoms with E-state index in [1.165, 1.54) is 23.7 Å². The number of carbonyl (C=O) groups excluding carboxylic acids is 1. The second kappa shape index (κ2) is 10.5. The minimum absolute atomic E-state index is 0.0106. The number of hydrogen-bond donors (Lipinski definition) is 0. The van der Waals surface area contributed by atoms with Gasteiger partial charge in [0, 0.05) is 0 Å². The molecule has 1 nitrogen and oxygen atoms in total. The van der Waals surface area contributed by atoms with Gasteiger partial charge in [0.15, 0.2) is 0 Å². The molecule has 64 valence electrons. The zero-order valence-electron chi connectivity index (χ0n) is 7.44. The Bertz CT molecular complexity index is 83.6. The fourth-order valence-corrected chi connectivity index (χ4v) is 4.77. The third kappa shape index (κ3) is 10.5. The normalized spacial score (nSPS) is 9.91. The summed E-state index contributed by atoms with van der Waals surface area (Å²) in [5.41, 5.74) is 0. The third-order valence-electron chi connectivity index (χ3n) is 1.63. The zero-order valence-corrected chi connectivity index (χ0v) is 10.3. The average Bonchev–Trinajstić information content (AvgIpc) is 2.03. The molecule has 2 radical (unpaired) electrons. The monoisotopic (exact) mass is 262 g/mol. The van der Waals surface area contributed by atoms with Gasteiger partial charge in [-0.2, -0.15) is 0 Å². The van der Waals surface area contributed by atoms with Crippen LogP contribution in [-0.4, -0.2) is 27.4 Å². The molecule has 0 rings (SSSR count). The van der Waals surface area contributed by atoms with Crippen molar-refractivity contribution in [2.45, 2.75) is 47.9 Å². The van der Waals surface area contributed by atoms with Gasteiger partial charge in [-0.05, 0) is 0 Å². The van der Waals surface area contributed by atoms with E-state index in [1.54, 1.807) is 4.44 Å². The van der Waals surface area contributed by atoms with Gasteiger partial charge in [-0.25, -0.2) is 0 Å². The summed E-state index contributed by atoms with van der Waals surface area (Å²) in [6, 6.07) is 0. The van der Waals surface area contributed by atoms with E-state index in [0.717, 1.165) is 19.1 Å². The van der Waals surface area contributed by atoms with Gasteiger partial charge in [-0.1, -0.05) is 0 Å². The summed E-state index contributed by atoms with van der Waals surface area (Å²) in [5, 5.41) is 0. The molecule has 0 aliphatic rings. The van der Waals surface area contributed by atoms with Gasteiger partial charge >= 0.3 is 80.1 Å². The number of carbonyl (C=O) groups is 1. The second-order valence-electron chi connectivity index (χ2n) is 2.77. The van der Waals surface area contributed by atoms with Crippen molar-refractivity contribution in [3.05, 3.63) is 0 Å². The van der Waals surface area contributed by atoms with E-state index in [2.05, 4.69) is 6.92 Å². The fraction of sp³-hybridized carbons (Fsp3) is 0.889. The third-order valence-corrected chi connectivity index (χ3v) is 5.67.